The van der Waals surface area contributed by atoms with Crippen molar-refractivity contribution in [3.8, 4) is 5.75 Å². The molecule has 1 amide bonds. The van der Waals surface area contributed by atoms with Crippen molar-refractivity contribution in [1.82, 2.24) is 5.43 Å². The SMILES string of the molecule is CC(=NNC(=O)c1ccc(Cl)cc1)c1ccccc1OC(F)F. The first kappa shape index (κ1) is 16.9. The van der Waals surface area contributed by atoms with E-state index in [-0.39, 0.29) is 5.75 Å². The van der Waals surface area contributed by atoms with Crippen LogP contribution in [0.15, 0.2) is 53.6 Å². The van der Waals surface area contributed by atoms with Gasteiger partial charge in [-0.2, -0.15) is 13.9 Å². The van der Waals surface area contributed by atoms with Gasteiger partial charge >= 0.3 is 6.61 Å². The molecule has 2 rings (SSSR count). The smallest absolute Gasteiger partial charge is 0.387 e. The van der Waals surface area contributed by atoms with E-state index < -0.39 is 12.5 Å². The number of hydrogen-bond acceptors (Lipinski definition) is 3. The van der Waals surface area contributed by atoms with E-state index in [1.807, 2.05) is 0 Å². The maximum atomic E-state index is 12.4. The van der Waals surface area contributed by atoms with Gasteiger partial charge < -0.3 is 4.74 Å². The Labute approximate surface area is 136 Å². The molecule has 4 nitrogen and oxygen atoms in total. The number of ether oxygens (including phenoxy) is 1. The summed E-state index contributed by atoms with van der Waals surface area (Å²) >= 11 is 5.75. The fraction of sp³-hybridized carbons (Fsp3) is 0.125. The molecule has 0 radical (unpaired) electrons. The second-order valence-electron chi connectivity index (χ2n) is 4.52. The lowest BCUT2D eigenvalue weighted by Gasteiger charge is -2.10. The van der Waals surface area contributed by atoms with Crippen LogP contribution in [0.2, 0.25) is 5.02 Å². The molecule has 23 heavy (non-hydrogen) atoms. The molecule has 7 heteroatoms. The van der Waals surface area contributed by atoms with E-state index in [1.165, 1.54) is 6.07 Å². The van der Waals surface area contributed by atoms with E-state index in [4.69, 9.17) is 11.6 Å². The van der Waals surface area contributed by atoms with E-state index in [9.17, 15) is 13.6 Å². The fourth-order valence-corrected chi connectivity index (χ4v) is 1.95. The lowest BCUT2D eigenvalue weighted by molar-refractivity contribution is -0.0499. The van der Waals surface area contributed by atoms with Crippen molar-refractivity contribution in [3.05, 3.63) is 64.7 Å². The quantitative estimate of drug-likeness (QED) is 0.659. The van der Waals surface area contributed by atoms with Gasteiger partial charge in [0.1, 0.15) is 5.75 Å². The van der Waals surface area contributed by atoms with Gasteiger partial charge in [-0.05, 0) is 43.3 Å². The molecular formula is C16H13ClF2N2O2. The number of para-hydroxylation sites is 1. The zero-order valence-corrected chi connectivity index (χ0v) is 12.8. The van der Waals surface area contributed by atoms with Crippen LogP contribution in [-0.2, 0) is 0 Å². The largest absolute Gasteiger partial charge is 0.434 e. The van der Waals surface area contributed by atoms with Crippen molar-refractivity contribution in [2.45, 2.75) is 13.5 Å². The number of carbonyl (C=O) groups excluding carboxylic acids is 1. The number of amides is 1. The maximum absolute atomic E-state index is 12.4. The number of alkyl halides is 2. The molecule has 0 aliphatic carbocycles. The van der Waals surface area contributed by atoms with Crippen LogP contribution < -0.4 is 10.2 Å². The average Bonchev–Trinajstić information content (AvgIpc) is 2.53. The Morgan fingerprint density at radius 2 is 1.83 bits per heavy atom. The highest BCUT2D eigenvalue weighted by Gasteiger charge is 2.11. The molecule has 0 unspecified atom stereocenters. The van der Waals surface area contributed by atoms with Crippen molar-refractivity contribution in [3.63, 3.8) is 0 Å². The molecule has 2 aromatic rings. The van der Waals surface area contributed by atoms with Crippen molar-refractivity contribution in [2.75, 3.05) is 0 Å². The van der Waals surface area contributed by atoms with Crippen LogP contribution in [0.4, 0.5) is 8.78 Å². The Kier molecular flexibility index (Phi) is 5.65. The minimum absolute atomic E-state index is 0.00973. The molecule has 0 saturated heterocycles. The summed E-state index contributed by atoms with van der Waals surface area (Å²) in [6, 6.07) is 12.5. The highest BCUT2D eigenvalue weighted by Crippen LogP contribution is 2.21. The predicted molar refractivity (Wildman–Crippen MR) is 84.2 cm³/mol. The molecule has 0 bridgehead atoms. The summed E-state index contributed by atoms with van der Waals surface area (Å²) in [6.07, 6.45) is 0. The minimum Gasteiger partial charge on any atom is -0.434 e. The van der Waals surface area contributed by atoms with Crippen LogP contribution in [0.25, 0.3) is 0 Å². The minimum atomic E-state index is -2.94. The third kappa shape index (κ3) is 4.75. The summed E-state index contributed by atoms with van der Waals surface area (Å²) in [4.78, 5) is 11.9. The van der Waals surface area contributed by atoms with E-state index in [1.54, 1.807) is 49.4 Å². The second kappa shape index (κ2) is 7.69. The number of nitrogens with one attached hydrogen (secondary N) is 1. The Bertz CT molecular complexity index is 718. The molecule has 2 aromatic carbocycles. The van der Waals surface area contributed by atoms with Gasteiger partial charge in [-0.25, -0.2) is 5.43 Å². The molecule has 0 atom stereocenters. The lowest BCUT2D eigenvalue weighted by atomic mass is 10.1. The maximum Gasteiger partial charge on any atom is 0.387 e. The lowest BCUT2D eigenvalue weighted by Crippen LogP contribution is -2.19. The Morgan fingerprint density at radius 3 is 2.48 bits per heavy atom. The van der Waals surface area contributed by atoms with Crippen LogP contribution in [-0.4, -0.2) is 18.2 Å². The summed E-state index contributed by atoms with van der Waals surface area (Å²) in [5, 5.41) is 4.43. The van der Waals surface area contributed by atoms with Gasteiger partial charge in [0.05, 0.1) is 5.71 Å². The van der Waals surface area contributed by atoms with Crippen molar-refractivity contribution in [2.24, 2.45) is 5.10 Å². The van der Waals surface area contributed by atoms with Crippen LogP contribution in [0, 0.1) is 0 Å². The van der Waals surface area contributed by atoms with E-state index in [0.717, 1.165) is 0 Å². The van der Waals surface area contributed by atoms with E-state index >= 15 is 0 Å². The monoisotopic (exact) mass is 338 g/mol. The summed E-state index contributed by atoms with van der Waals surface area (Å²) in [7, 11) is 0. The first-order valence-corrected chi connectivity index (χ1v) is 6.99. The number of halogens is 3. The van der Waals surface area contributed by atoms with Crippen LogP contribution >= 0.6 is 11.6 Å². The fourth-order valence-electron chi connectivity index (χ4n) is 1.82. The normalized spacial score (nSPS) is 11.4. The number of carbonyl (C=O) groups is 1. The van der Waals surface area contributed by atoms with Gasteiger partial charge in [-0.1, -0.05) is 23.7 Å². The van der Waals surface area contributed by atoms with Crippen LogP contribution in [0.3, 0.4) is 0 Å². The number of benzene rings is 2. The number of nitrogens with zero attached hydrogens (tertiary/aromatic N) is 1. The highest BCUT2D eigenvalue weighted by molar-refractivity contribution is 6.30. The van der Waals surface area contributed by atoms with Crippen molar-refractivity contribution >= 4 is 23.2 Å². The van der Waals surface area contributed by atoms with Gasteiger partial charge in [0.2, 0.25) is 0 Å². The molecule has 0 heterocycles. The predicted octanol–water partition coefficient (Wildman–Crippen LogP) is 4.10. The van der Waals surface area contributed by atoms with E-state index in [2.05, 4.69) is 15.3 Å². The van der Waals surface area contributed by atoms with Gasteiger partial charge in [0, 0.05) is 16.1 Å². The molecule has 0 saturated carbocycles. The Morgan fingerprint density at radius 1 is 1.17 bits per heavy atom. The zero-order valence-electron chi connectivity index (χ0n) is 12.1. The first-order valence-electron chi connectivity index (χ1n) is 6.62. The molecule has 0 aromatic heterocycles. The van der Waals surface area contributed by atoms with Gasteiger partial charge in [0.15, 0.2) is 0 Å². The molecule has 0 spiro atoms. The molecular weight excluding hydrogens is 326 g/mol. The first-order chi connectivity index (χ1) is 11.0. The average molecular weight is 339 g/mol. The van der Waals surface area contributed by atoms with Crippen LogP contribution in [0.1, 0.15) is 22.8 Å². The third-order valence-corrected chi connectivity index (χ3v) is 3.18. The summed E-state index contributed by atoms with van der Waals surface area (Å²) in [5.74, 6) is -0.447. The van der Waals surface area contributed by atoms with Gasteiger partial charge in [-0.3, -0.25) is 4.79 Å². The van der Waals surface area contributed by atoms with Gasteiger partial charge in [0.25, 0.3) is 5.91 Å². The Balaban J connectivity index is 2.14. The van der Waals surface area contributed by atoms with E-state index in [0.29, 0.717) is 21.9 Å². The molecule has 0 fully saturated rings. The highest BCUT2D eigenvalue weighted by atomic mass is 35.5. The molecule has 0 aliphatic heterocycles. The molecule has 120 valence electrons. The summed E-state index contributed by atoms with van der Waals surface area (Å²) < 4.78 is 29.2. The topological polar surface area (TPSA) is 50.7 Å². The summed E-state index contributed by atoms with van der Waals surface area (Å²) in [6.45, 7) is -1.36. The Hall–Kier alpha value is -2.47. The molecule has 1 N–H and O–H groups in total. The number of hydrogen-bond donors (Lipinski definition) is 1. The van der Waals surface area contributed by atoms with Gasteiger partial charge in [-0.15, -0.1) is 0 Å². The number of rotatable bonds is 5. The van der Waals surface area contributed by atoms with Crippen LogP contribution in [0.5, 0.6) is 5.75 Å². The third-order valence-electron chi connectivity index (χ3n) is 2.92. The zero-order chi connectivity index (χ0) is 16.8. The van der Waals surface area contributed by atoms with Crippen molar-refractivity contribution < 1.29 is 18.3 Å². The molecule has 0 aliphatic rings. The van der Waals surface area contributed by atoms with Crippen molar-refractivity contribution in [1.29, 1.82) is 0 Å². The second-order valence-corrected chi connectivity index (χ2v) is 4.96. The number of hydrazone groups is 1. The summed E-state index contributed by atoms with van der Waals surface area (Å²) in [5.41, 5.74) is 3.44. The standard InChI is InChI=1S/C16H13ClF2N2O2/c1-10(13-4-2-3-5-14(13)23-16(18)19)20-21-15(22)11-6-8-12(17)9-7-11/h2-9,16H,1H3,(H,21,22).